The van der Waals surface area contributed by atoms with Crippen molar-refractivity contribution >= 4 is 5.91 Å². The average molecular weight is 1300 g/mol. The third-order valence-electron chi connectivity index (χ3n) is 16.8. The highest BCUT2D eigenvalue weighted by atomic mass is 16.8. The van der Waals surface area contributed by atoms with Crippen molar-refractivity contribution in [1.29, 1.82) is 0 Å². The maximum Gasteiger partial charge on any atom is 0.220 e. The van der Waals surface area contributed by atoms with Gasteiger partial charge in [0.2, 0.25) is 5.91 Å². The zero-order valence-electron chi connectivity index (χ0n) is 55.7. The molecule has 3 aliphatic rings. The largest absolute Gasteiger partial charge is 0.394 e. The third-order valence-corrected chi connectivity index (χ3v) is 16.8. The molecule has 3 heterocycles. The van der Waals surface area contributed by atoms with Crippen LogP contribution in [0.4, 0.5) is 0 Å². The summed E-state index contributed by atoms with van der Waals surface area (Å²) < 4.78 is 34.3. The van der Waals surface area contributed by atoms with Crippen molar-refractivity contribution in [3.8, 4) is 0 Å². The second kappa shape index (κ2) is 53.6. The van der Waals surface area contributed by atoms with Gasteiger partial charge in [-0.05, 0) is 96.3 Å². The lowest BCUT2D eigenvalue weighted by molar-refractivity contribution is -0.379. The van der Waals surface area contributed by atoms with Crippen LogP contribution in [0.2, 0.25) is 0 Å². The number of aliphatic hydroxyl groups is 11. The molecule has 0 aromatic rings. The van der Waals surface area contributed by atoms with E-state index in [1.54, 1.807) is 6.08 Å². The number of allylic oxidation sites excluding steroid dienone is 17. The average Bonchev–Trinajstić information content (AvgIpc) is 0.854. The number of ether oxygens (including phenoxy) is 6. The van der Waals surface area contributed by atoms with Crippen molar-refractivity contribution < 1.29 is 89.4 Å². The van der Waals surface area contributed by atoms with Gasteiger partial charge in [-0.2, -0.15) is 0 Å². The normalized spacial score (nSPS) is 28.4. The molecule has 3 rings (SSSR count). The van der Waals surface area contributed by atoms with Gasteiger partial charge in [0, 0.05) is 6.42 Å². The number of hydrogen-bond donors (Lipinski definition) is 12. The molecule has 1 amide bonds. The molecule has 3 aliphatic heterocycles. The lowest BCUT2D eigenvalue weighted by atomic mass is 9.96. The molecule has 0 aromatic heterocycles. The van der Waals surface area contributed by atoms with Gasteiger partial charge in [-0.1, -0.05) is 220 Å². The number of carbonyl (C=O) groups is 1. The molecule has 528 valence electrons. The highest BCUT2D eigenvalue weighted by Crippen LogP contribution is 2.33. The SMILES string of the molecule is CC/C=C\C/C=C\C/C=C\C/C=C\C/C=C\C/C=C\CCCCCCCCCCC(=O)NC(COC1OC(CO)C(OC2OC(CO)C(OC3OC(CO)C(O)C(O)C3O)C(O)C2O)C(O)C1O)C(O)/C=C/CC/C=C/CC/C=C/CCCCCCCCCCCC. The van der Waals surface area contributed by atoms with Crippen molar-refractivity contribution in [2.45, 2.75) is 317 Å². The number of aliphatic hydroxyl groups excluding tert-OH is 11. The summed E-state index contributed by atoms with van der Waals surface area (Å²) in [5, 5.41) is 121. The van der Waals surface area contributed by atoms with Gasteiger partial charge in [0.25, 0.3) is 0 Å². The topological polar surface area (TPSA) is 307 Å². The molecule has 0 saturated carbocycles. The van der Waals surface area contributed by atoms with Gasteiger partial charge in [0.05, 0.1) is 38.6 Å². The van der Waals surface area contributed by atoms with E-state index in [9.17, 15) is 61.0 Å². The molecule has 19 nitrogen and oxygen atoms in total. The maximum atomic E-state index is 13.4. The standard InChI is InChI=1S/C73H123NO18/c1-3-5-7-9-11-13-15-17-19-21-23-25-26-27-28-29-30-31-33-35-37-39-41-43-45-47-49-51-61(79)74-56(57(78)50-48-46-44-42-40-38-36-34-32-24-22-20-18-16-14-12-10-8-6-4-2)55-87-71-67(85)64(82)69(59(53-76)89-71)92-73-68(86)65(83)70(60(54-77)90-73)91-72-66(84)63(81)62(80)58(52-75)88-72/h5,7,11,13,17,19,23,25,27-28,30-32,34,40,42,48,50,56-60,62-73,75-78,80-86H,3-4,6,8-10,12,14-16,18,20-22,24,26,29,33,35-39,41,43-47,49,51-55H2,1-2H3,(H,74,79)/b7-5-,13-11-,19-17-,25-23-,28-27-,31-30-,34-32+,42-40+,50-48+. The van der Waals surface area contributed by atoms with Gasteiger partial charge in [-0.25, -0.2) is 0 Å². The van der Waals surface area contributed by atoms with E-state index >= 15 is 0 Å². The summed E-state index contributed by atoms with van der Waals surface area (Å²) in [5.74, 6) is -0.303. The molecule has 3 fully saturated rings. The number of nitrogens with one attached hydrogen (secondary N) is 1. The van der Waals surface area contributed by atoms with Gasteiger partial charge in [-0.15, -0.1) is 0 Å². The molecule has 92 heavy (non-hydrogen) atoms. The Balaban J connectivity index is 1.46. The molecule has 0 aliphatic carbocycles. The molecular formula is C73H123NO18. The Kier molecular flexibility index (Phi) is 48.1. The predicted octanol–water partition coefficient (Wildman–Crippen LogP) is 9.44. The minimum absolute atomic E-state index is 0.215. The van der Waals surface area contributed by atoms with Crippen molar-refractivity contribution in [3.63, 3.8) is 0 Å². The molecule has 0 aromatic carbocycles. The van der Waals surface area contributed by atoms with E-state index in [1.807, 2.05) is 6.08 Å². The second-order valence-corrected chi connectivity index (χ2v) is 24.6. The Morgan fingerprint density at radius 2 is 0.761 bits per heavy atom. The van der Waals surface area contributed by atoms with Crippen molar-refractivity contribution in [3.05, 3.63) is 109 Å². The van der Waals surface area contributed by atoms with Crippen LogP contribution in [-0.4, -0.2) is 193 Å². The van der Waals surface area contributed by atoms with Gasteiger partial charge in [0.1, 0.15) is 73.2 Å². The zero-order valence-corrected chi connectivity index (χ0v) is 55.7. The fourth-order valence-corrected chi connectivity index (χ4v) is 11.1. The van der Waals surface area contributed by atoms with Crippen LogP contribution in [0.25, 0.3) is 0 Å². The summed E-state index contributed by atoms with van der Waals surface area (Å²) in [6.07, 6.45) is 44.8. The number of rotatable bonds is 52. The monoisotopic (exact) mass is 1300 g/mol. The van der Waals surface area contributed by atoms with Crippen LogP contribution < -0.4 is 5.32 Å². The molecule has 19 heteroatoms. The highest BCUT2D eigenvalue weighted by molar-refractivity contribution is 5.76. The van der Waals surface area contributed by atoms with Gasteiger partial charge < -0.3 is 89.9 Å². The molecule has 3 saturated heterocycles. The Morgan fingerprint density at radius 3 is 1.22 bits per heavy atom. The first-order valence-electron chi connectivity index (χ1n) is 35.1. The Morgan fingerprint density at radius 1 is 0.402 bits per heavy atom. The lowest BCUT2D eigenvalue weighted by Gasteiger charge is -2.48. The van der Waals surface area contributed by atoms with Crippen LogP contribution in [-0.2, 0) is 33.2 Å². The first kappa shape index (κ1) is 82.7. The van der Waals surface area contributed by atoms with Crippen LogP contribution in [0, 0.1) is 0 Å². The minimum Gasteiger partial charge on any atom is -0.394 e. The summed E-state index contributed by atoms with van der Waals surface area (Å²) in [4.78, 5) is 13.4. The smallest absolute Gasteiger partial charge is 0.220 e. The Labute approximate surface area is 551 Å². The molecule has 17 atom stereocenters. The van der Waals surface area contributed by atoms with Crippen molar-refractivity contribution in [2.24, 2.45) is 0 Å². The van der Waals surface area contributed by atoms with Crippen LogP contribution in [0.5, 0.6) is 0 Å². The Bertz CT molecular complexity index is 2090. The predicted molar refractivity (Wildman–Crippen MR) is 360 cm³/mol. The van der Waals surface area contributed by atoms with Crippen LogP contribution in [0.3, 0.4) is 0 Å². The third kappa shape index (κ3) is 34.9. The molecule has 12 N–H and O–H groups in total. The first-order chi connectivity index (χ1) is 44.8. The number of hydrogen-bond acceptors (Lipinski definition) is 18. The van der Waals surface area contributed by atoms with Crippen molar-refractivity contribution in [2.75, 3.05) is 26.4 Å². The van der Waals surface area contributed by atoms with Gasteiger partial charge in [0.15, 0.2) is 18.9 Å². The van der Waals surface area contributed by atoms with Crippen LogP contribution in [0.1, 0.15) is 213 Å². The van der Waals surface area contributed by atoms with Crippen LogP contribution in [0.15, 0.2) is 109 Å². The van der Waals surface area contributed by atoms with E-state index in [0.717, 1.165) is 109 Å². The zero-order chi connectivity index (χ0) is 66.8. The minimum atomic E-state index is -1.99. The molecular weight excluding hydrogens is 1180 g/mol. The van der Waals surface area contributed by atoms with E-state index in [-0.39, 0.29) is 18.9 Å². The van der Waals surface area contributed by atoms with E-state index in [4.69, 9.17) is 28.4 Å². The Hall–Kier alpha value is -3.55. The lowest BCUT2D eigenvalue weighted by Crippen LogP contribution is -2.66. The van der Waals surface area contributed by atoms with Crippen molar-refractivity contribution in [1.82, 2.24) is 5.32 Å². The van der Waals surface area contributed by atoms with E-state index < -0.39 is 124 Å². The number of amides is 1. The molecule has 0 bridgehead atoms. The van der Waals surface area contributed by atoms with E-state index in [0.29, 0.717) is 12.8 Å². The van der Waals surface area contributed by atoms with Gasteiger partial charge >= 0.3 is 0 Å². The first-order valence-corrected chi connectivity index (χ1v) is 35.1. The number of carbonyl (C=O) groups excluding carboxylic acids is 1. The fourth-order valence-electron chi connectivity index (χ4n) is 11.1. The summed E-state index contributed by atoms with van der Waals surface area (Å²) in [6.45, 7) is 1.57. The number of unbranched alkanes of at least 4 members (excludes halogenated alkanes) is 20. The second-order valence-electron chi connectivity index (χ2n) is 24.6. The molecule has 0 radical (unpaired) electrons. The quantitative estimate of drug-likeness (QED) is 0.0199. The summed E-state index contributed by atoms with van der Waals surface area (Å²) in [6, 6.07) is -1.01. The molecule has 0 spiro atoms. The maximum absolute atomic E-state index is 13.4. The summed E-state index contributed by atoms with van der Waals surface area (Å²) >= 11 is 0. The van der Waals surface area contributed by atoms with Gasteiger partial charge in [-0.3, -0.25) is 4.79 Å². The molecule has 17 unspecified atom stereocenters. The summed E-state index contributed by atoms with van der Waals surface area (Å²) in [7, 11) is 0. The fraction of sp³-hybridized carbons (Fsp3) is 0.740. The highest BCUT2D eigenvalue weighted by Gasteiger charge is 2.53. The summed E-state index contributed by atoms with van der Waals surface area (Å²) in [5.41, 5.74) is 0. The van der Waals surface area contributed by atoms with E-state index in [1.165, 1.54) is 70.6 Å². The van der Waals surface area contributed by atoms with Crippen LogP contribution >= 0.6 is 0 Å². The van der Waals surface area contributed by atoms with E-state index in [2.05, 4.69) is 116 Å².